The maximum Gasteiger partial charge on any atom is 0.258 e. The molecule has 3 aromatic rings. The van der Waals surface area contributed by atoms with Crippen LogP contribution in [0.3, 0.4) is 0 Å². The molecule has 0 aliphatic carbocycles. The number of rotatable bonds is 6. The fraction of sp³-hybridized carbons (Fsp3) is 0.381. The molecule has 0 N–H and O–H groups in total. The number of aromatic nitrogens is 3. The van der Waals surface area contributed by atoms with Crippen molar-refractivity contribution in [2.45, 2.75) is 38.6 Å². The standard InChI is InChI=1S/C21H23FN4O2/c1-15(2)27-18-6-4-3-5-17(18)13-26-12-9-21(22,14-26)20-24-19(28-25-20)16-7-10-23-11-8-16/h3-8,10-11,15H,9,12-14H2,1-2H3. The van der Waals surface area contributed by atoms with Crippen molar-refractivity contribution in [2.24, 2.45) is 0 Å². The van der Waals surface area contributed by atoms with Crippen molar-refractivity contribution in [1.29, 1.82) is 0 Å². The molecule has 1 aliphatic rings. The Hall–Kier alpha value is -2.80. The van der Waals surface area contributed by atoms with Gasteiger partial charge in [0.25, 0.3) is 5.89 Å². The first-order valence-corrected chi connectivity index (χ1v) is 9.44. The lowest BCUT2D eigenvalue weighted by molar-refractivity contribution is 0.147. The molecule has 146 valence electrons. The first-order chi connectivity index (χ1) is 13.5. The van der Waals surface area contributed by atoms with E-state index in [1.807, 2.05) is 38.1 Å². The van der Waals surface area contributed by atoms with Crippen LogP contribution in [0.5, 0.6) is 5.75 Å². The van der Waals surface area contributed by atoms with Gasteiger partial charge in [-0.05, 0) is 32.0 Å². The summed E-state index contributed by atoms with van der Waals surface area (Å²) >= 11 is 0. The molecule has 6 nitrogen and oxygen atoms in total. The van der Waals surface area contributed by atoms with E-state index in [9.17, 15) is 0 Å². The lowest BCUT2D eigenvalue weighted by atomic mass is 10.1. The molecular weight excluding hydrogens is 359 g/mol. The molecule has 7 heteroatoms. The highest BCUT2D eigenvalue weighted by Crippen LogP contribution is 2.36. The summed E-state index contributed by atoms with van der Waals surface area (Å²) in [6, 6.07) is 11.4. The van der Waals surface area contributed by atoms with Crippen LogP contribution in [0.25, 0.3) is 11.5 Å². The summed E-state index contributed by atoms with van der Waals surface area (Å²) in [5, 5.41) is 3.91. The Bertz CT molecular complexity index is 931. The molecule has 1 aromatic carbocycles. The van der Waals surface area contributed by atoms with Crippen molar-refractivity contribution in [1.82, 2.24) is 20.0 Å². The molecule has 0 bridgehead atoms. The van der Waals surface area contributed by atoms with Crippen LogP contribution in [0.4, 0.5) is 4.39 Å². The van der Waals surface area contributed by atoms with Gasteiger partial charge in [0.1, 0.15) is 5.75 Å². The minimum Gasteiger partial charge on any atom is -0.491 e. The molecule has 0 amide bonds. The SMILES string of the molecule is CC(C)Oc1ccccc1CN1CCC(F)(c2noc(-c3ccncc3)n2)C1. The molecule has 4 rings (SSSR count). The molecule has 2 aromatic heterocycles. The quantitative estimate of drug-likeness (QED) is 0.642. The number of para-hydroxylation sites is 1. The Labute approximate surface area is 163 Å². The largest absolute Gasteiger partial charge is 0.491 e. The number of ether oxygens (including phenoxy) is 1. The molecule has 1 aliphatic heterocycles. The minimum atomic E-state index is -1.62. The Morgan fingerprint density at radius 3 is 2.79 bits per heavy atom. The monoisotopic (exact) mass is 382 g/mol. The third-order valence-electron chi connectivity index (χ3n) is 4.78. The van der Waals surface area contributed by atoms with Gasteiger partial charge in [-0.15, -0.1) is 0 Å². The van der Waals surface area contributed by atoms with Crippen LogP contribution in [0.1, 0.15) is 31.7 Å². The van der Waals surface area contributed by atoms with Crippen molar-refractivity contribution in [2.75, 3.05) is 13.1 Å². The second kappa shape index (κ2) is 7.67. The molecular formula is C21H23FN4O2. The number of likely N-dealkylation sites (tertiary alicyclic amines) is 1. The zero-order valence-corrected chi connectivity index (χ0v) is 16.0. The van der Waals surface area contributed by atoms with Gasteiger partial charge in [0.05, 0.1) is 6.10 Å². The first kappa shape index (κ1) is 18.6. The second-order valence-electron chi connectivity index (χ2n) is 7.36. The van der Waals surface area contributed by atoms with Gasteiger partial charge in [0.15, 0.2) is 5.67 Å². The van der Waals surface area contributed by atoms with Gasteiger partial charge >= 0.3 is 0 Å². The van der Waals surface area contributed by atoms with Crippen LogP contribution in [0.15, 0.2) is 53.3 Å². The summed E-state index contributed by atoms with van der Waals surface area (Å²) in [4.78, 5) is 10.3. The lowest BCUT2D eigenvalue weighted by Gasteiger charge is -2.20. The summed E-state index contributed by atoms with van der Waals surface area (Å²) in [5.74, 6) is 1.26. The minimum absolute atomic E-state index is 0.0888. The Kier molecular flexibility index (Phi) is 5.09. The molecule has 1 saturated heterocycles. The third-order valence-corrected chi connectivity index (χ3v) is 4.78. The van der Waals surface area contributed by atoms with Crippen molar-refractivity contribution >= 4 is 0 Å². The van der Waals surface area contributed by atoms with E-state index in [0.29, 0.717) is 25.4 Å². The van der Waals surface area contributed by atoms with E-state index in [1.165, 1.54) is 0 Å². The highest BCUT2D eigenvalue weighted by molar-refractivity contribution is 5.51. The Morgan fingerprint density at radius 2 is 2.00 bits per heavy atom. The van der Waals surface area contributed by atoms with Crippen LogP contribution in [-0.2, 0) is 12.2 Å². The van der Waals surface area contributed by atoms with E-state index in [1.54, 1.807) is 24.5 Å². The van der Waals surface area contributed by atoms with Crippen molar-refractivity contribution in [3.63, 3.8) is 0 Å². The van der Waals surface area contributed by atoms with Crippen molar-refractivity contribution < 1.29 is 13.7 Å². The smallest absolute Gasteiger partial charge is 0.258 e. The zero-order chi connectivity index (χ0) is 19.6. The topological polar surface area (TPSA) is 64.3 Å². The highest BCUT2D eigenvalue weighted by Gasteiger charge is 2.44. The van der Waals surface area contributed by atoms with Gasteiger partial charge in [-0.2, -0.15) is 4.98 Å². The van der Waals surface area contributed by atoms with Gasteiger partial charge in [-0.3, -0.25) is 9.88 Å². The Morgan fingerprint density at radius 1 is 1.21 bits per heavy atom. The van der Waals surface area contributed by atoms with Gasteiger partial charge < -0.3 is 9.26 Å². The molecule has 1 atom stereocenters. The molecule has 0 radical (unpaired) electrons. The van der Waals surface area contributed by atoms with Gasteiger partial charge in [-0.1, -0.05) is 23.4 Å². The van der Waals surface area contributed by atoms with Crippen LogP contribution < -0.4 is 4.74 Å². The van der Waals surface area contributed by atoms with E-state index in [-0.39, 0.29) is 18.5 Å². The third kappa shape index (κ3) is 3.89. The zero-order valence-electron chi connectivity index (χ0n) is 16.0. The summed E-state index contributed by atoms with van der Waals surface area (Å²) in [6.45, 7) is 5.44. The van der Waals surface area contributed by atoms with Crippen molar-refractivity contribution in [3.05, 3.63) is 60.2 Å². The van der Waals surface area contributed by atoms with Gasteiger partial charge in [-0.25, -0.2) is 4.39 Å². The molecule has 1 fully saturated rings. The summed E-state index contributed by atoms with van der Waals surface area (Å²) < 4.78 is 26.7. The number of alkyl halides is 1. The molecule has 3 heterocycles. The van der Waals surface area contributed by atoms with Crippen LogP contribution in [0.2, 0.25) is 0 Å². The maximum absolute atomic E-state index is 15.6. The molecule has 0 saturated carbocycles. The average Bonchev–Trinajstić information content (AvgIpc) is 3.32. The number of benzene rings is 1. The highest BCUT2D eigenvalue weighted by atomic mass is 19.1. The van der Waals surface area contributed by atoms with Gasteiger partial charge in [0.2, 0.25) is 5.82 Å². The second-order valence-corrected chi connectivity index (χ2v) is 7.36. The molecule has 0 spiro atoms. The number of halogens is 1. The number of pyridine rings is 1. The number of nitrogens with zero attached hydrogens (tertiary/aromatic N) is 4. The van der Waals surface area contributed by atoms with Crippen molar-refractivity contribution in [3.8, 4) is 17.2 Å². The van der Waals surface area contributed by atoms with Crippen LogP contribution >= 0.6 is 0 Å². The Balaban J connectivity index is 1.48. The molecule has 28 heavy (non-hydrogen) atoms. The predicted octanol–water partition coefficient (Wildman–Crippen LogP) is 3.99. The fourth-order valence-electron chi connectivity index (χ4n) is 3.43. The van der Waals surface area contributed by atoms with E-state index in [4.69, 9.17) is 9.26 Å². The van der Waals surface area contributed by atoms with E-state index >= 15 is 4.39 Å². The first-order valence-electron chi connectivity index (χ1n) is 9.44. The summed E-state index contributed by atoms with van der Waals surface area (Å²) in [5.41, 5.74) is 0.154. The van der Waals surface area contributed by atoms with E-state index < -0.39 is 5.67 Å². The summed E-state index contributed by atoms with van der Waals surface area (Å²) in [7, 11) is 0. The predicted molar refractivity (Wildman–Crippen MR) is 102 cm³/mol. The normalized spacial score (nSPS) is 20.0. The van der Waals surface area contributed by atoms with Crippen LogP contribution in [0, 0.1) is 0 Å². The average molecular weight is 382 g/mol. The van der Waals surface area contributed by atoms with E-state index in [2.05, 4.69) is 20.0 Å². The maximum atomic E-state index is 15.6. The fourth-order valence-corrected chi connectivity index (χ4v) is 3.43. The summed E-state index contributed by atoms with van der Waals surface area (Å²) in [6.07, 6.45) is 3.69. The van der Waals surface area contributed by atoms with E-state index in [0.717, 1.165) is 16.9 Å². The van der Waals surface area contributed by atoms with Crippen LogP contribution in [-0.4, -0.2) is 39.2 Å². The lowest BCUT2D eigenvalue weighted by Crippen LogP contribution is -2.28. The molecule has 1 unspecified atom stereocenters. The number of hydrogen-bond donors (Lipinski definition) is 0. The number of hydrogen-bond acceptors (Lipinski definition) is 6. The van der Waals surface area contributed by atoms with Gasteiger partial charge in [0, 0.05) is 49.6 Å².